The number of aliphatic imine (C=N–C) groups is 1. The molecule has 2 rings (SSSR count). The quantitative estimate of drug-likeness (QED) is 0.315. The molecule has 0 bridgehead atoms. The monoisotopic (exact) mass is 506 g/mol. The largest absolute Gasteiger partial charge is 0.505 e. The number of guanidine groups is 1. The Balaban J connectivity index is 0.00000392. The van der Waals surface area contributed by atoms with Crippen molar-refractivity contribution in [1.82, 2.24) is 15.5 Å². The number of carbonyl (C=O) groups excluding carboxylic acids is 1. The van der Waals surface area contributed by atoms with Gasteiger partial charge < -0.3 is 20.6 Å². The maximum absolute atomic E-state index is 13.4. The number of phenols is 1. The van der Waals surface area contributed by atoms with Gasteiger partial charge in [-0.3, -0.25) is 9.79 Å². The summed E-state index contributed by atoms with van der Waals surface area (Å²) in [6.45, 7) is 6.05. The zero-order valence-electron chi connectivity index (χ0n) is 16.9. The first-order chi connectivity index (χ1) is 13.0. The van der Waals surface area contributed by atoms with Gasteiger partial charge in [0.2, 0.25) is 5.91 Å². The minimum Gasteiger partial charge on any atom is -0.505 e. The molecule has 6 nitrogen and oxygen atoms in total. The van der Waals surface area contributed by atoms with Gasteiger partial charge in [0, 0.05) is 38.6 Å². The van der Waals surface area contributed by atoms with Crippen LogP contribution in [0.2, 0.25) is 0 Å². The zero-order chi connectivity index (χ0) is 19.8. The lowest BCUT2D eigenvalue weighted by atomic mass is 9.98. The van der Waals surface area contributed by atoms with Gasteiger partial charge in [0.05, 0.1) is 0 Å². The van der Waals surface area contributed by atoms with E-state index in [-0.39, 0.29) is 47.6 Å². The maximum atomic E-state index is 13.4. The van der Waals surface area contributed by atoms with E-state index in [1.54, 1.807) is 13.1 Å². The molecular formula is C20H32FIN4O2. The molecule has 0 aliphatic carbocycles. The Kier molecular flexibility index (Phi) is 10.6. The number of piperidine rings is 1. The highest BCUT2D eigenvalue weighted by Gasteiger charge is 2.26. The van der Waals surface area contributed by atoms with Gasteiger partial charge in [-0.25, -0.2) is 4.39 Å². The van der Waals surface area contributed by atoms with Crippen LogP contribution in [0.5, 0.6) is 5.75 Å². The second-order valence-corrected chi connectivity index (χ2v) is 6.97. The lowest BCUT2D eigenvalue weighted by Gasteiger charge is -2.34. The van der Waals surface area contributed by atoms with Crippen LogP contribution >= 0.6 is 24.0 Å². The fraction of sp³-hybridized carbons (Fsp3) is 0.600. The van der Waals surface area contributed by atoms with Crippen molar-refractivity contribution in [2.75, 3.05) is 20.1 Å². The van der Waals surface area contributed by atoms with E-state index in [1.165, 1.54) is 12.1 Å². The Morgan fingerprint density at radius 1 is 1.32 bits per heavy atom. The molecule has 1 saturated heterocycles. The first kappa shape index (κ1) is 24.5. The van der Waals surface area contributed by atoms with Gasteiger partial charge in [-0.15, -0.1) is 24.0 Å². The van der Waals surface area contributed by atoms with Crippen LogP contribution in [0, 0.1) is 11.7 Å². The van der Waals surface area contributed by atoms with Gasteiger partial charge in [0.1, 0.15) is 0 Å². The number of nitrogens with one attached hydrogen (secondary N) is 2. The molecule has 0 spiro atoms. The van der Waals surface area contributed by atoms with Crippen LogP contribution in [0.1, 0.15) is 45.1 Å². The van der Waals surface area contributed by atoms with Gasteiger partial charge >= 0.3 is 0 Å². The van der Waals surface area contributed by atoms with E-state index in [4.69, 9.17) is 0 Å². The fourth-order valence-electron chi connectivity index (χ4n) is 3.37. The molecule has 0 aromatic heterocycles. The van der Waals surface area contributed by atoms with Gasteiger partial charge in [0.15, 0.2) is 17.5 Å². The third-order valence-electron chi connectivity index (χ3n) is 5.18. The summed E-state index contributed by atoms with van der Waals surface area (Å²) in [5, 5.41) is 15.8. The summed E-state index contributed by atoms with van der Waals surface area (Å²) in [7, 11) is 1.69. The topological polar surface area (TPSA) is 77.0 Å². The average molecular weight is 506 g/mol. The summed E-state index contributed by atoms with van der Waals surface area (Å²) in [6.07, 6.45) is 3.53. The molecule has 1 fully saturated rings. The normalized spacial score (nSPS) is 15.3. The summed E-state index contributed by atoms with van der Waals surface area (Å²) in [5.41, 5.74) is 0.721. The highest BCUT2D eigenvalue weighted by Crippen LogP contribution is 2.18. The van der Waals surface area contributed by atoms with Crippen molar-refractivity contribution >= 4 is 35.8 Å². The molecule has 1 aliphatic heterocycles. The molecule has 1 aromatic rings. The molecule has 28 heavy (non-hydrogen) atoms. The van der Waals surface area contributed by atoms with Crippen LogP contribution in [-0.4, -0.2) is 48.1 Å². The molecule has 1 aromatic carbocycles. The van der Waals surface area contributed by atoms with Crippen LogP contribution in [-0.2, 0) is 11.3 Å². The van der Waals surface area contributed by atoms with Crippen molar-refractivity contribution in [3.8, 4) is 5.75 Å². The second kappa shape index (κ2) is 12.1. The van der Waals surface area contributed by atoms with E-state index in [9.17, 15) is 14.3 Å². The van der Waals surface area contributed by atoms with Crippen LogP contribution < -0.4 is 10.6 Å². The van der Waals surface area contributed by atoms with Crippen molar-refractivity contribution < 1.29 is 14.3 Å². The smallest absolute Gasteiger partial charge is 0.225 e. The maximum Gasteiger partial charge on any atom is 0.225 e. The summed E-state index contributed by atoms with van der Waals surface area (Å²) >= 11 is 0. The molecule has 158 valence electrons. The number of hydrogen-bond donors (Lipinski definition) is 3. The van der Waals surface area contributed by atoms with Crippen molar-refractivity contribution in [1.29, 1.82) is 0 Å². The highest BCUT2D eigenvalue weighted by atomic mass is 127. The van der Waals surface area contributed by atoms with E-state index in [1.807, 2.05) is 4.90 Å². The molecule has 0 saturated carbocycles. The lowest BCUT2D eigenvalue weighted by molar-refractivity contribution is -0.136. The molecule has 1 heterocycles. The Morgan fingerprint density at radius 3 is 2.50 bits per heavy atom. The summed E-state index contributed by atoms with van der Waals surface area (Å²) in [5.74, 6) is 0.0703. The van der Waals surface area contributed by atoms with Crippen molar-refractivity contribution in [3.63, 3.8) is 0 Å². The molecular weight excluding hydrogens is 474 g/mol. The molecule has 0 unspecified atom stereocenters. The standard InChI is InChI=1S/C20H31FN4O2.HI/c1-4-15(5-2)19(27)25-10-8-16(9-11-25)24-20(22-3)23-13-14-6-7-18(26)17(21)12-14;/h6-7,12,15-16,26H,4-5,8-11,13H2,1-3H3,(H2,22,23,24);1H. The summed E-state index contributed by atoms with van der Waals surface area (Å²) in [4.78, 5) is 18.7. The SMILES string of the molecule is CCC(CC)C(=O)N1CCC(NC(=NC)NCc2ccc(O)c(F)c2)CC1.I. The summed E-state index contributed by atoms with van der Waals surface area (Å²) < 4.78 is 13.4. The zero-order valence-corrected chi connectivity index (χ0v) is 19.2. The van der Waals surface area contributed by atoms with Gasteiger partial charge in [-0.2, -0.15) is 0 Å². The van der Waals surface area contributed by atoms with E-state index in [2.05, 4.69) is 29.5 Å². The molecule has 1 amide bonds. The molecule has 0 atom stereocenters. The second-order valence-electron chi connectivity index (χ2n) is 6.97. The average Bonchev–Trinajstić information content (AvgIpc) is 2.69. The number of amides is 1. The number of aromatic hydroxyl groups is 1. The third kappa shape index (κ3) is 6.79. The van der Waals surface area contributed by atoms with Crippen molar-refractivity contribution in [3.05, 3.63) is 29.6 Å². The predicted molar refractivity (Wildman–Crippen MR) is 120 cm³/mol. The first-order valence-corrected chi connectivity index (χ1v) is 9.71. The Morgan fingerprint density at radius 2 is 1.96 bits per heavy atom. The van der Waals surface area contributed by atoms with Gasteiger partial charge in [-0.1, -0.05) is 19.9 Å². The van der Waals surface area contributed by atoms with E-state index < -0.39 is 5.82 Å². The number of halogens is 2. The molecule has 0 radical (unpaired) electrons. The Bertz CT molecular complexity index is 660. The molecule has 1 aliphatic rings. The van der Waals surface area contributed by atoms with E-state index in [0.717, 1.165) is 44.3 Å². The minimum atomic E-state index is -0.633. The highest BCUT2D eigenvalue weighted by molar-refractivity contribution is 14.0. The van der Waals surface area contributed by atoms with Crippen molar-refractivity contribution in [2.24, 2.45) is 10.9 Å². The molecule has 3 N–H and O–H groups in total. The lowest BCUT2D eigenvalue weighted by Crippen LogP contribution is -2.50. The predicted octanol–water partition coefficient (Wildman–Crippen LogP) is 3.24. The Hall–Kier alpha value is -1.58. The van der Waals surface area contributed by atoms with Crippen LogP contribution in [0.4, 0.5) is 4.39 Å². The number of likely N-dealkylation sites (tertiary alicyclic amines) is 1. The number of carbonyl (C=O) groups is 1. The first-order valence-electron chi connectivity index (χ1n) is 9.71. The van der Waals surface area contributed by atoms with Crippen LogP contribution in [0.3, 0.4) is 0 Å². The number of phenolic OH excluding ortho intramolecular Hbond substituents is 1. The Labute approximate surface area is 184 Å². The minimum absolute atomic E-state index is 0. The number of rotatable bonds is 6. The van der Waals surface area contributed by atoms with Crippen molar-refractivity contribution in [2.45, 2.75) is 52.1 Å². The van der Waals surface area contributed by atoms with Crippen LogP contribution in [0.15, 0.2) is 23.2 Å². The summed E-state index contributed by atoms with van der Waals surface area (Å²) in [6, 6.07) is 4.56. The van der Waals surface area contributed by atoms with E-state index in [0.29, 0.717) is 12.5 Å². The van der Waals surface area contributed by atoms with Gasteiger partial charge in [0.25, 0.3) is 0 Å². The van der Waals surface area contributed by atoms with Gasteiger partial charge in [-0.05, 0) is 43.4 Å². The third-order valence-corrected chi connectivity index (χ3v) is 5.18. The molecule has 8 heteroatoms. The fourth-order valence-corrected chi connectivity index (χ4v) is 3.37. The van der Waals surface area contributed by atoms with Crippen LogP contribution in [0.25, 0.3) is 0 Å². The number of benzene rings is 1. The number of hydrogen-bond acceptors (Lipinski definition) is 3. The number of nitrogens with zero attached hydrogens (tertiary/aromatic N) is 2. The van der Waals surface area contributed by atoms with E-state index >= 15 is 0 Å².